The highest BCUT2D eigenvalue weighted by atomic mass is 35.5. The summed E-state index contributed by atoms with van der Waals surface area (Å²) in [6.45, 7) is 3.94. The second kappa shape index (κ2) is 7.46. The highest BCUT2D eigenvalue weighted by Crippen LogP contribution is 2.15. The molecular weight excluding hydrogens is 267 g/mol. The lowest BCUT2D eigenvalue weighted by Crippen LogP contribution is -2.44. The van der Waals surface area contributed by atoms with Gasteiger partial charge in [0.15, 0.2) is 0 Å². The van der Waals surface area contributed by atoms with Gasteiger partial charge in [-0.3, -0.25) is 4.79 Å². The van der Waals surface area contributed by atoms with Gasteiger partial charge in [-0.05, 0) is 50.9 Å². The highest BCUT2D eigenvalue weighted by molar-refractivity contribution is 5.94. The Kier molecular flexibility index (Phi) is 6.25. The Bertz CT molecular complexity index is 422. The molecule has 1 aliphatic heterocycles. The largest absolute Gasteiger partial charge is 0.349 e. The summed E-state index contributed by atoms with van der Waals surface area (Å²) in [4.78, 5) is 11.9. The number of rotatable bonds is 3. The maximum atomic E-state index is 13.5. The van der Waals surface area contributed by atoms with E-state index in [1.807, 2.05) is 6.92 Å². The topological polar surface area (TPSA) is 41.1 Å². The zero-order valence-corrected chi connectivity index (χ0v) is 11.8. The minimum Gasteiger partial charge on any atom is -0.349 e. The van der Waals surface area contributed by atoms with Crippen molar-refractivity contribution in [2.45, 2.75) is 25.8 Å². The van der Waals surface area contributed by atoms with Crippen LogP contribution in [0.2, 0.25) is 0 Å². The Morgan fingerprint density at radius 1 is 1.47 bits per heavy atom. The minimum absolute atomic E-state index is 0. The molecule has 106 valence electrons. The predicted molar refractivity (Wildman–Crippen MR) is 76.2 cm³/mol. The van der Waals surface area contributed by atoms with Gasteiger partial charge in [0.05, 0.1) is 5.56 Å². The lowest BCUT2D eigenvalue weighted by Gasteiger charge is -2.28. The number of carbonyl (C=O) groups excluding carboxylic acids is 1. The first-order valence-electron chi connectivity index (χ1n) is 6.44. The molecule has 0 saturated carbocycles. The predicted octanol–water partition coefficient (Wildman–Crippen LogP) is 2.37. The molecule has 0 aromatic heterocycles. The third-order valence-corrected chi connectivity index (χ3v) is 3.52. The molecule has 2 rings (SSSR count). The Hall–Kier alpha value is -1.13. The summed E-state index contributed by atoms with van der Waals surface area (Å²) in [5.74, 6) is -0.371. The number of halogens is 2. The van der Waals surface area contributed by atoms with Crippen molar-refractivity contribution < 1.29 is 9.18 Å². The molecule has 1 aliphatic rings. The number of hydrogen-bond donors (Lipinski definition) is 2. The van der Waals surface area contributed by atoms with Gasteiger partial charge in [-0.1, -0.05) is 12.1 Å². The van der Waals surface area contributed by atoms with Crippen LogP contribution in [0.5, 0.6) is 0 Å². The normalized spacial score (nSPS) is 20.2. The van der Waals surface area contributed by atoms with Crippen molar-refractivity contribution in [2.24, 2.45) is 5.92 Å². The third-order valence-electron chi connectivity index (χ3n) is 3.52. The van der Waals surface area contributed by atoms with E-state index in [1.165, 1.54) is 12.1 Å². The molecule has 3 nitrogen and oxygen atoms in total. The van der Waals surface area contributed by atoms with Crippen LogP contribution in [-0.2, 0) is 0 Å². The molecule has 0 aliphatic carbocycles. The van der Waals surface area contributed by atoms with Crippen LogP contribution in [0.3, 0.4) is 0 Å². The fourth-order valence-corrected chi connectivity index (χ4v) is 2.35. The van der Waals surface area contributed by atoms with E-state index < -0.39 is 5.82 Å². The van der Waals surface area contributed by atoms with Gasteiger partial charge in [-0.15, -0.1) is 12.4 Å². The van der Waals surface area contributed by atoms with Gasteiger partial charge in [0.2, 0.25) is 0 Å². The molecule has 5 heteroatoms. The Labute approximate surface area is 119 Å². The second-order valence-electron chi connectivity index (χ2n) is 4.85. The summed E-state index contributed by atoms with van der Waals surface area (Å²) in [5, 5.41) is 6.20. The zero-order chi connectivity index (χ0) is 13.0. The van der Waals surface area contributed by atoms with Crippen molar-refractivity contribution in [1.82, 2.24) is 10.6 Å². The molecule has 2 N–H and O–H groups in total. The van der Waals surface area contributed by atoms with Gasteiger partial charge >= 0.3 is 0 Å². The SMILES string of the molecule is CC(NC(=O)c1ccccc1F)C1CCCNC1.Cl. The summed E-state index contributed by atoms with van der Waals surface area (Å²) >= 11 is 0. The van der Waals surface area contributed by atoms with Gasteiger partial charge < -0.3 is 10.6 Å². The van der Waals surface area contributed by atoms with Gasteiger partial charge in [-0.2, -0.15) is 0 Å². The number of amides is 1. The first-order valence-corrected chi connectivity index (χ1v) is 6.44. The van der Waals surface area contributed by atoms with E-state index in [0.717, 1.165) is 25.9 Å². The van der Waals surface area contributed by atoms with Crippen molar-refractivity contribution in [3.8, 4) is 0 Å². The van der Waals surface area contributed by atoms with Gasteiger partial charge in [-0.25, -0.2) is 4.39 Å². The van der Waals surface area contributed by atoms with Crippen molar-refractivity contribution in [3.05, 3.63) is 35.6 Å². The number of benzene rings is 1. The molecule has 1 fully saturated rings. The average Bonchev–Trinajstić information content (AvgIpc) is 2.40. The molecule has 0 bridgehead atoms. The highest BCUT2D eigenvalue weighted by Gasteiger charge is 2.22. The van der Waals surface area contributed by atoms with Crippen molar-refractivity contribution in [3.63, 3.8) is 0 Å². The maximum absolute atomic E-state index is 13.5. The molecule has 1 saturated heterocycles. The summed E-state index contributed by atoms with van der Waals surface area (Å²) in [5.41, 5.74) is 0.119. The fraction of sp³-hybridized carbons (Fsp3) is 0.500. The van der Waals surface area contributed by atoms with Crippen LogP contribution < -0.4 is 10.6 Å². The smallest absolute Gasteiger partial charge is 0.254 e. The minimum atomic E-state index is -0.469. The maximum Gasteiger partial charge on any atom is 0.254 e. The molecule has 1 heterocycles. The van der Waals surface area contributed by atoms with Gasteiger partial charge in [0.1, 0.15) is 5.82 Å². The van der Waals surface area contributed by atoms with E-state index in [0.29, 0.717) is 5.92 Å². The van der Waals surface area contributed by atoms with Crippen LogP contribution in [-0.4, -0.2) is 25.0 Å². The summed E-state index contributed by atoms with van der Waals surface area (Å²) in [7, 11) is 0. The molecule has 1 aromatic carbocycles. The number of hydrogen-bond acceptors (Lipinski definition) is 2. The number of carbonyl (C=O) groups is 1. The van der Waals surface area contributed by atoms with E-state index in [9.17, 15) is 9.18 Å². The van der Waals surface area contributed by atoms with Crippen LogP contribution in [0.1, 0.15) is 30.1 Å². The average molecular weight is 287 g/mol. The second-order valence-corrected chi connectivity index (χ2v) is 4.85. The van der Waals surface area contributed by atoms with E-state index in [1.54, 1.807) is 12.1 Å². The van der Waals surface area contributed by atoms with Crippen LogP contribution in [0, 0.1) is 11.7 Å². The Balaban J connectivity index is 0.00000180. The van der Waals surface area contributed by atoms with Crippen molar-refractivity contribution in [2.75, 3.05) is 13.1 Å². The molecule has 0 spiro atoms. The Morgan fingerprint density at radius 2 is 2.21 bits per heavy atom. The molecule has 2 atom stereocenters. The van der Waals surface area contributed by atoms with Gasteiger partial charge in [0, 0.05) is 6.04 Å². The summed E-state index contributed by atoms with van der Waals surface area (Å²) < 4.78 is 13.5. The zero-order valence-electron chi connectivity index (χ0n) is 11.0. The first-order chi connectivity index (χ1) is 8.68. The molecular formula is C14H20ClFN2O. The van der Waals surface area contributed by atoms with Crippen LogP contribution in [0.4, 0.5) is 4.39 Å². The molecule has 0 radical (unpaired) electrons. The van der Waals surface area contributed by atoms with Crippen LogP contribution in [0.25, 0.3) is 0 Å². The van der Waals surface area contributed by atoms with E-state index >= 15 is 0 Å². The van der Waals surface area contributed by atoms with E-state index in [2.05, 4.69) is 10.6 Å². The lowest BCUT2D eigenvalue weighted by molar-refractivity contribution is 0.0918. The van der Waals surface area contributed by atoms with Gasteiger partial charge in [0.25, 0.3) is 5.91 Å². The summed E-state index contributed by atoms with van der Waals surface area (Å²) in [6, 6.07) is 6.13. The molecule has 1 aromatic rings. The quantitative estimate of drug-likeness (QED) is 0.896. The van der Waals surface area contributed by atoms with E-state index in [4.69, 9.17) is 0 Å². The van der Waals surface area contributed by atoms with Crippen LogP contribution >= 0.6 is 12.4 Å². The lowest BCUT2D eigenvalue weighted by atomic mass is 9.92. The van der Waals surface area contributed by atoms with Crippen LogP contribution in [0.15, 0.2) is 24.3 Å². The van der Waals surface area contributed by atoms with Crippen molar-refractivity contribution >= 4 is 18.3 Å². The molecule has 19 heavy (non-hydrogen) atoms. The standard InChI is InChI=1S/C14H19FN2O.ClH/c1-10(11-5-4-8-16-9-11)17-14(18)12-6-2-3-7-13(12)15;/h2-3,6-7,10-11,16H,4-5,8-9H2,1H3,(H,17,18);1H. The molecule has 1 amide bonds. The monoisotopic (exact) mass is 286 g/mol. The number of nitrogens with one attached hydrogen (secondary N) is 2. The molecule has 2 unspecified atom stereocenters. The fourth-order valence-electron chi connectivity index (χ4n) is 2.35. The van der Waals surface area contributed by atoms with E-state index in [-0.39, 0.29) is 29.9 Å². The first kappa shape index (κ1) is 15.9. The Morgan fingerprint density at radius 3 is 2.84 bits per heavy atom. The third kappa shape index (κ3) is 4.18. The van der Waals surface area contributed by atoms with Crippen molar-refractivity contribution in [1.29, 1.82) is 0 Å². The summed E-state index contributed by atoms with van der Waals surface area (Å²) in [6.07, 6.45) is 2.23. The number of piperidine rings is 1.